The number of esters is 1. The number of carboxylic acid groups (broad SMARTS) is 1. The van der Waals surface area contributed by atoms with Crippen LogP contribution in [0.2, 0.25) is 0 Å². The standard InChI is InChI=1S/C28H40O6/c1-15(7-8-23(32)33)18-9-12-27(5)25-20(30)13-19-16(2)22(34-17(3)29)10-11-26(19,4)24(25)21(31)14-28(18,27)6/h15-16,18-19,22H,7-14H2,1-6H3,(H,32,33)/t15?,16?,18?,19-,22?,26-,27-,28+/m0/s1. The zero-order valence-electron chi connectivity index (χ0n) is 21.5. The first-order valence-electron chi connectivity index (χ1n) is 13.0. The highest BCUT2D eigenvalue weighted by Gasteiger charge is 2.66. The van der Waals surface area contributed by atoms with Gasteiger partial charge in [0.1, 0.15) is 6.10 Å². The third kappa shape index (κ3) is 3.50. The maximum Gasteiger partial charge on any atom is 0.303 e. The zero-order valence-corrected chi connectivity index (χ0v) is 21.5. The van der Waals surface area contributed by atoms with Crippen LogP contribution in [0.15, 0.2) is 11.1 Å². The number of carbonyl (C=O) groups excluding carboxylic acids is 3. The molecule has 34 heavy (non-hydrogen) atoms. The molecular formula is C28H40O6. The summed E-state index contributed by atoms with van der Waals surface area (Å²) in [5, 5.41) is 9.18. The van der Waals surface area contributed by atoms with E-state index in [0.29, 0.717) is 25.7 Å². The van der Waals surface area contributed by atoms with Gasteiger partial charge < -0.3 is 9.84 Å². The Bertz CT molecular complexity index is 964. The van der Waals surface area contributed by atoms with Crippen molar-refractivity contribution in [3.8, 4) is 0 Å². The highest BCUT2D eigenvalue weighted by atomic mass is 16.5. The number of carboxylic acids is 1. The highest BCUT2D eigenvalue weighted by Crippen LogP contribution is 2.70. The van der Waals surface area contributed by atoms with E-state index in [0.717, 1.165) is 30.4 Å². The number of rotatable bonds is 5. The highest BCUT2D eigenvalue weighted by molar-refractivity contribution is 6.11. The van der Waals surface area contributed by atoms with Crippen molar-refractivity contribution in [1.29, 1.82) is 0 Å². The summed E-state index contributed by atoms with van der Waals surface area (Å²) in [4.78, 5) is 50.6. The van der Waals surface area contributed by atoms with E-state index in [2.05, 4.69) is 34.6 Å². The third-order valence-electron chi connectivity index (χ3n) is 10.7. The smallest absolute Gasteiger partial charge is 0.303 e. The van der Waals surface area contributed by atoms with Gasteiger partial charge in [-0.15, -0.1) is 0 Å². The molecule has 0 bridgehead atoms. The molecule has 6 heteroatoms. The Kier molecular flexibility index (Phi) is 6.14. The Labute approximate surface area is 202 Å². The maximum absolute atomic E-state index is 13.9. The molecule has 0 heterocycles. The lowest BCUT2D eigenvalue weighted by atomic mass is 9.44. The number of carbonyl (C=O) groups is 4. The van der Waals surface area contributed by atoms with Gasteiger partial charge in [0.05, 0.1) is 0 Å². The van der Waals surface area contributed by atoms with Crippen LogP contribution in [0.3, 0.4) is 0 Å². The van der Waals surface area contributed by atoms with E-state index in [1.165, 1.54) is 6.92 Å². The molecule has 0 saturated heterocycles. The van der Waals surface area contributed by atoms with Crippen LogP contribution < -0.4 is 0 Å². The number of hydrogen-bond donors (Lipinski definition) is 1. The van der Waals surface area contributed by atoms with Crippen molar-refractivity contribution in [1.82, 2.24) is 0 Å². The van der Waals surface area contributed by atoms with Crippen molar-refractivity contribution in [3.63, 3.8) is 0 Å². The van der Waals surface area contributed by atoms with Crippen molar-refractivity contribution in [2.75, 3.05) is 0 Å². The number of aliphatic carboxylic acids is 1. The van der Waals surface area contributed by atoms with Crippen LogP contribution in [0, 0.1) is 39.9 Å². The largest absolute Gasteiger partial charge is 0.481 e. The minimum Gasteiger partial charge on any atom is -0.481 e. The molecule has 0 aromatic rings. The van der Waals surface area contributed by atoms with Gasteiger partial charge in [0.15, 0.2) is 11.6 Å². The first-order valence-corrected chi connectivity index (χ1v) is 13.0. The fourth-order valence-electron chi connectivity index (χ4n) is 8.68. The number of ketones is 2. The monoisotopic (exact) mass is 472 g/mol. The number of ether oxygens (including phenoxy) is 1. The molecule has 4 unspecified atom stereocenters. The molecule has 4 aliphatic carbocycles. The average Bonchev–Trinajstić information content (AvgIpc) is 3.00. The van der Waals surface area contributed by atoms with E-state index in [1.807, 2.05) is 0 Å². The van der Waals surface area contributed by atoms with Gasteiger partial charge >= 0.3 is 11.9 Å². The van der Waals surface area contributed by atoms with Gasteiger partial charge in [-0.2, -0.15) is 0 Å². The second kappa shape index (κ2) is 8.30. The van der Waals surface area contributed by atoms with Crippen molar-refractivity contribution in [2.45, 2.75) is 99.0 Å². The first-order chi connectivity index (χ1) is 15.8. The summed E-state index contributed by atoms with van der Waals surface area (Å²) in [5.41, 5.74) is 0.435. The molecule has 0 spiro atoms. The lowest BCUT2D eigenvalue weighted by Crippen LogP contribution is -2.56. The van der Waals surface area contributed by atoms with E-state index >= 15 is 0 Å². The van der Waals surface area contributed by atoms with Crippen LogP contribution in [0.5, 0.6) is 0 Å². The molecule has 188 valence electrons. The SMILES string of the molecule is CC(=O)OC1CC[C@]2(C)C3=C(C(=O)C[C@H]2C1C)[C@]1(C)CCC(C(C)CCC(=O)O)[C@@]1(C)CC3=O. The molecule has 0 radical (unpaired) electrons. The summed E-state index contributed by atoms with van der Waals surface area (Å²) < 4.78 is 5.59. The number of fused-ring (bicyclic) bond motifs is 4. The molecule has 0 aromatic carbocycles. The van der Waals surface area contributed by atoms with Crippen LogP contribution in [0.1, 0.15) is 92.9 Å². The van der Waals surface area contributed by atoms with Gasteiger partial charge in [-0.1, -0.05) is 34.6 Å². The Morgan fingerprint density at radius 1 is 1.09 bits per heavy atom. The van der Waals surface area contributed by atoms with Gasteiger partial charge in [-0.05, 0) is 61.2 Å². The summed E-state index contributed by atoms with van der Waals surface area (Å²) in [6, 6.07) is 0. The Balaban J connectivity index is 1.74. The molecule has 4 rings (SSSR count). The zero-order chi connectivity index (χ0) is 25.2. The Morgan fingerprint density at radius 3 is 2.38 bits per heavy atom. The van der Waals surface area contributed by atoms with Gasteiger partial charge in [-0.25, -0.2) is 0 Å². The lowest BCUT2D eigenvalue weighted by Gasteiger charge is -2.58. The first kappa shape index (κ1) is 25.1. The van der Waals surface area contributed by atoms with Gasteiger partial charge in [0.2, 0.25) is 0 Å². The number of allylic oxidation sites excluding steroid dienone is 2. The Morgan fingerprint density at radius 2 is 1.76 bits per heavy atom. The second-order valence-electron chi connectivity index (χ2n) is 12.4. The number of Topliss-reactive ketones (excluding diaryl/α,β-unsaturated/α-hetero) is 2. The van der Waals surface area contributed by atoms with Gasteiger partial charge in [-0.3, -0.25) is 19.2 Å². The topological polar surface area (TPSA) is 97.7 Å². The fourth-order valence-corrected chi connectivity index (χ4v) is 8.68. The molecule has 0 aromatic heterocycles. The quantitative estimate of drug-likeness (QED) is 0.557. The molecule has 6 nitrogen and oxygen atoms in total. The molecule has 1 N–H and O–H groups in total. The summed E-state index contributed by atoms with van der Waals surface area (Å²) in [6.45, 7) is 12.1. The van der Waals surface area contributed by atoms with Crippen molar-refractivity contribution in [2.24, 2.45) is 39.9 Å². The summed E-state index contributed by atoms with van der Waals surface area (Å²) in [7, 11) is 0. The minimum absolute atomic E-state index is 0.0135. The van der Waals surface area contributed by atoms with Gasteiger partial charge in [0.25, 0.3) is 0 Å². The molecular weight excluding hydrogens is 432 g/mol. The van der Waals surface area contributed by atoms with Gasteiger partial charge in [0, 0.05) is 48.2 Å². The summed E-state index contributed by atoms with van der Waals surface area (Å²) in [5.74, 6) is -0.497. The van der Waals surface area contributed by atoms with Crippen LogP contribution in [-0.2, 0) is 23.9 Å². The molecule has 0 aliphatic heterocycles. The van der Waals surface area contributed by atoms with Crippen LogP contribution >= 0.6 is 0 Å². The van der Waals surface area contributed by atoms with E-state index in [1.54, 1.807) is 0 Å². The minimum atomic E-state index is -0.789. The summed E-state index contributed by atoms with van der Waals surface area (Å²) in [6.07, 6.45) is 4.54. The van der Waals surface area contributed by atoms with E-state index in [4.69, 9.17) is 4.74 Å². The van der Waals surface area contributed by atoms with Crippen molar-refractivity contribution < 1.29 is 29.0 Å². The van der Waals surface area contributed by atoms with Crippen molar-refractivity contribution >= 4 is 23.5 Å². The second-order valence-corrected chi connectivity index (χ2v) is 12.4. The van der Waals surface area contributed by atoms with E-state index < -0.39 is 5.97 Å². The predicted octanol–water partition coefficient (Wildman–Crippen LogP) is 5.14. The lowest BCUT2D eigenvalue weighted by molar-refractivity contribution is -0.157. The fraction of sp³-hybridized carbons (Fsp3) is 0.786. The molecule has 4 aliphatic rings. The maximum atomic E-state index is 13.9. The molecule has 2 fully saturated rings. The van der Waals surface area contributed by atoms with Crippen LogP contribution in [-0.4, -0.2) is 34.7 Å². The summed E-state index contributed by atoms with van der Waals surface area (Å²) >= 11 is 0. The molecule has 0 amide bonds. The average molecular weight is 473 g/mol. The van der Waals surface area contributed by atoms with Crippen LogP contribution in [0.4, 0.5) is 0 Å². The normalized spacial score (nSPS) is 42.5. The van der Waals surface area contributed by atoms with Crippen LogP contribution in [0.25, 0.3) is 0 Å². The molecule has 8 atom stereocenters. The van der Waals surface area contributed by atoms with E-state index in [9.17, 15) is 24.3 Å². The Hall–Kier alpha value is -1.98. The van der Waals surface area contributed by atoms with Crippen molar-refractivity contribution in [3.05, 3.63) is 11.1 Å². The molecule has 2 saturated carbocycles. The van der Waals surface area contributed by atoms with E-state index in [-0.39, 0.29) is 70.0 Å². The predicted molar refractivity (Wildman–Crippen MR) is 127 cm³/mol. The third-order valence-corrected chi connectivity index (χ3v) is 10.7. The number of hydrogen-bond acceptors (Lipinski definition) is 5.